The molecule has 0 saturated carbocycles. The smallest absolute Gasteiger partial charge is 0.255 e. The minimum atomic E-state index is -0.155. The molecule has 2 amide bonds. The van der Waals surface area contributed by atoms with Crippen molar-refractivity contribution in [3.63, 3.8) is 0 Å². The lowest BCUT2D eigenvalue weighted by molar-refractivity contribution is -0.119. The molecule has 6 heteroatoms. The first kappa shape index (κ1) is 20.9. The van der Waals surface area contributed by atoms with E-state index in [4.69, 9.17) is 4.74 Å². The van der Waals surface area contributed by atoms with Gasteiger partial charge in [-0.1, -0.05) is 29.8 Å². The van der Waals surface area contributed by atoms with Gasteiger partial charge < -0.3 is 20.7 Å². The first-order valence-corrected chi connectivity index (χ1v) is 9.65. The monoisotopic (exact) mass is 403 g/mol. The summed E-state index contributed by atoms with van der Waals surface area (Å²) in [5.41, 5.74) is 4.13. The van der Waals surface area contributed by atoms with E-state index in [1.807, 2.05) is 61.5 Å². The van der Waals surface area contributed by atoms with Crippen molar-refractivity contribution in [2.24, 2.45) is 0 Å². The van der Waals surface area contributed by atoms with Crippen LogP contribution in [0.3, 0.4) is 0 Å². The van der Waals surface area contributed by atoms with Gasteiger partial charge in [-0.15, -0.1) is 0 Å². The lowest BCUT2D eigenvalue weighted by Gasteiger charge is -2.10. The van der Waals surface area contributed by atoms with Crippen molar-refractivity contribution in [1.82, 2.24) is 5.32 Å². The molecule has 0 spiro atoms. The van der Waals surface area contributed by atoms with Crippen LogP contribution < -0.4 is 20.7 Å². The SMILES string of the molecule is COc1ccc(CNC(=O)CNc2ccc(NC(=O)c3cccc(C)c3)cc2)cc1. The largest absolute Gasteiger partial charge is 0.497 e. The first-order valence-electron chi connectivity index (χ1n) is 9.65. The first-order chi connectivity index (χ1) is 14.5. The number of aryl methyl sites for hydroxylation is 1. The molecule has 30 heavy (non-hydrogen) atoms. The molecule has 0 aliphatic heterocycles. The Hall–Kier alpha value is -3.80. The number of anilines is 2. The molecule has 0 bridgehead atoms. The summed E-state index contributed by atoms with van der Waals surface area (Å²) in [4.78, 5) is 24.4. The minimum Gasteiger partial charge on any atom is -0.497 e. The molecule has 3 aromatic carbocycles. The molecule has 0 radical (unpaired) electrons. The highest BCUT2D eigenvalue weighted by molar-refractivity contribution is 6.04. The topological polar surface area (TPSA) is 79.5 Å². The number of hydrogen-bond donors (Lipinski definition) is 3. The van der Waals surface area contributed by atoms with E-state index < -0.39 is 0 Å². The van der Waals surface area contributed by atoms with E-state index in [2.05, 4.69) is 16.0 Å². The second-order valence-electron chi connectivity index (χ2n) is 6.88. The van der Waals surface area contributed by atoms with Gasteiger partial charge in [0.2, 0.25) is 5.91 Å². The van der Waals surface area contributed by atoms with E-state index in [0.717, 1.165) is 22.6 Å². The van der Waals surface area contributed by atoms with Crippen LogP contribution in [-0.4, -0.2) is 25.5 Å². The maximum absolute atomic E-state index is 12.3. The van der Waals surface area contributed by atoms with Crippen LogP contribution in [0.2, 0.25) is 0 Å². The molecular weight excluding hydrogens is 378 g/mol. The van der Waals surface area contributed by atoms with Crippen LogP contribution >= 0.6 is 0 Å². The van der Waals surface area contributed by atoms with E-state index in [1.54, 1.807) is 25.3 Å². The Morgan fingerprint density at radius 3 is 2.27 bits per heavy atom. The van der Waals surface area contributed by atoms with Crippen molar-refractivity contribution in [3.8, 4) is 5.75 Å². The van der Waals surface area contributed by atoms with Gasteiger partial charge >= 0.3 is 0 Å². The van der Waals surface area contributed by atoms with Crippen LogP contribution in [0.5, 0.6) is 5.75 Å². The minimum absolute atomic E-state index is 0.109. The number of nitrogens with one attached hydrogen (secondary N) is 3. The average Bonchev–Trinajstić information content (AvgIpc) is 2.77. The maximum Gasteiger partial charge on any atom is 0.255 e. The quantitative estimate of drug-likeness (QED) is 0.531. The van der Waals surface area contributed by atoms with Crippen molar-refractivity contribution >= 4 is 23.2 Å². The van der Waals surface area contributed by atoms with Crippen molar-refractivity contribution in [2.45, 2.75) is 13.5 Å². The molecular formula is C24H25N3O3. The summed E-state index contributed by atoms with van der Waals surface area (Å²) in [6, 6.07) is 22.2. The van der Waals surface area contributed by atoms with Crippen molar-refractivity contribution in [2.75, 3.05) is 24.3 Å². The molecule has 0 aliphatic rings. The molecule has 0 aromatic heterocycles. The van der Waals surface area contributed by atoms with Gasteiger partial charge in [-0.2, -0.15) is 0 Å². The van der Waals surface area contributed by atoms with Gasteiger partial charge in [0.1, 0.15) is 5.75 Å². The van der Waals surface area contributed by atoms with Crippen molar-refractivity contribution in [1.29, 1.82) is 0 Å². The molecule has 154 valence electrons. The molecule has 0 saturated heterocycles. The van der Waals surface area contributed by atoms with Gasteiger partial charge in [-0.3, -0.25) is 9.59 Å². The normalized spacial score (nSPS) is 10.2. The molecule has 3 aromatic rings. The van der Waals surface area contributed by atoms with E-state index >= 15 is 0 Å². The standard InChI is InChI=1S/C24H25N3O3/c1-17-4-3-5-19(14-17)24(29)27-21-10-8-20(9-11-21)25-16-23(28)26-15-18-6-12-22(30-2)13-7-18/h3-14,25H,15-16H2,1-2H3,(H,26,28)(H,27,29). The lowest BCUT2D eigenvalue weighted by atomic mass is 10.1. The molecule has 6 nitrogen and oxygen atoms in total. The fraction of sp³-hybridized carbons (Fsp3) is 0.167. The van der Waals surface area contributed by atoms with Crippen LogP contribution in [0, 0.1) is 6.92 Å². The van der Waals surface area contributed by atoms with E-state index in [1.165, 1.54) is 0 Å². The number of benzene rings is 3. The highest BCUT2D eigenvalue weighted by Crippen LogP contribution is 2.15. The lowest BCUT2D eigenvalue weighted by Crippen LogP contribution is -2.29. The average molecular weight is 403 g/mol. The fourth-order valence-electron chi connectivity index (χ4n) is 2.85. The van der Waals surface area contributed by atoms with E-state index in [0.29, 0.717) is 17.8 Å². The van der Waals surface area contributed by atoms with Gasteiger partial charge in [0.15, 0.2) is 0 Å². The van der Waals surface area contributed by atoms with Crippen molar-refractivity contribution < 1.29 is 14.3 Å². The zero-order chi connectivity index (χ0) is 21.3. The second-order valence-corrected chi connectivity index (χ2v) is 6.88. The Labute approximate surface area is 176 Å². The number of carbonyl (C=O) groups excluding carboxylic acids is 2. The maximum atomic E-state index is 12.3. The Morgan fingerprint density at radius 1 is 0.900 bits per heavy atom. The van der Waals surface area contributed by atoms with Crippen LogP contribution in [0.1, 0.15) is 21.5 Å². The molecule has 0 atom stereocenters. The third-order valence-electron chi connectivity index (χ3n) is 4.52. The third kappa shape index (κ3) is 6.10. The van der Waals surface area contributed by atoms with Gasteiger partial charge in [0.05, 0.1) is 13.7 Å². The zero-order valence-corrected chi connectivity index (χ0v) is 17.1. The zero-order valence-electron chi connectivity index (χ0n) is 17.1. The van der Waals surface area contributed by atoms with Gasteiger partial charge in [0.25, 0.3) is 5.91 Å². The summed E-state index contributed by atoms with van der Waals surface area (Å²) in [6.45, 7) is 2.56. The Bertz CT molecular complexity index is 999. The predicted octanol–water partition coefficient (Wildman–Crippen LogP) is 3.98. The van der Waals surface area contributed by atoms with Crippen LogP contribution in [0.15, 0.2) is 72.8 Å². The number of hydrogen-bond acceptors (Lipinski definition) is 4. The Kier molecular flexibility index (Phi) is 7.05. The highest BCUT2D eigenvalue weighted by atomic mass is 16.5. The number of ether oxygens (including phenoxy) is 1. The highest BCUT2D eigenvalue weighted by Gasteiger charge is 2.06. The van der Waals surface area contributed by atoms with Gasteiger partial charge in [-0.05, 0) is 61.0 Å². The number of rotatable bonds is 8. The van der Waals surface area contributed by atoms with Crippen molar-refractivity contribution in [3.05, 3.63) is 89.5 Å². The summed E-state index contributed by atoms with van der Waals surface area (Å²) in [7, 11) is 1.62. The van der Waals surface area contributed by atoms with E-state index in [9.17, 15) is 9.59 Å². The third-order valence-corrected chi connectivity index (χ3v) is 4.52. The van der Waals surface area contributed by atoms with Crippen LogP contribution in [-0.2, 0) is 11.3 Å². The predicted molar refractivity (Wildman–Crippen MR) is 119 cm³/mol. The van der Waals surface area contributed by atoms with Crippen LogP contribution in [0.25, 0.3) is 0 Å². The number of carbonyl (C=O) groups is 2. The summed E-state index contributed by atoms with van der Waals surface area (Å²) in [5, 5.41) is 8.81. The summed E-state index contributed by atoms with van der Waals surface area (Å²) in [6.07, 6.45) is 0. The summed E-state index contributed by atoms with van der Waals surface area (Å²) in [5.74, 6) is 0.519. The molecule has 0 fully saturated rings. The second kappa shape index (κ2) is 10.1. The van der Waals surface area contributed by atoms with Crippen LogP contribution in [0.4, 0.5) is 11.4 Å². The fourth-order valence-corrected chi connectivity index (χ4v) is 2.85. The Morgan fingerprint density at radius 2 is 1.60 bits per heavy atom. The van der Waals surface area contributed by atoms with E-state index in [-0.39, 0.29) is 18.4 Å². The number of amides is 2. The summed E-state index contributed by atoms with van der Waals surface area (Å²) < 4.78 is 5.12. The molecule has 0 aliphatic carbocycles. The summed E-state index contributed by atoms with van der Waals surface area (Å²) >= 11 is 0. The van der Waals surface area contributed by atoms with Gasteiger partial charge in [0, 0.05) is 23.5 Å². The Balaban J connectivity index is 1.44. The molecule has 3 rings (SSSR count). The molecule has 0 unspecified atom stereocenters. The molecule has 3 N–H and O–H groups in total. The van der Waals surface area contributed by atoms with Gasteiger partial charge in [-0.25, -0.2) is 0 Å². The number of methoxy groups -OCH3 is 1. The molecule has 0 heterocycles.